The molecule has 0 bridgehead atoms. The standard InChI is InChI=1S/C18H15F3N4O2/c19-18(20,21)12-27-17-22-10-14(11-23-17)15-6-7-16(26)25(24-15)9-8-13-4-2-1-3-5-13/h1-7,10-11H,8-9,12H2. The van der Waals surface area contributed by atoms with Gasteiger partial charge in [-0.1, -0.05) is 30.3 Å². The molecular formula is C18H15F3N4O2. The molecule has 6 nitrogen and oxygen atoms in total. The van der Waals surface area contributed by atoms with E-state index in [1.165, 1.54) is 29.2 Å². The first-order chi connectivity index (χ1) is 12.9. The highest BCUT2D eigenvalue weighted by molar-refractivity contribution is 5.55. The molecule has 2 heterocycles. The van der Waals surface area contributed by atoms with Gasteiger partial charge in [0.15, 0.2) is 6.61 Å². The molecule has 0 N–H and O–H groups in total. The Balaban J connectivity index is 1.72. The van der Waals surface area contributed by atoms with Crippen LogP contribution in [0.25, 0.3) is 11.3 Å². The Morgan fingerprint density at radius 3 is 2.37 bits per heavy atom. The molecule has 0 atom stereocenters. The van der Waals surface area contributed by atoms with Crippen LogP contribution in [0.5, 0.6) is 6.01 Å². The number of aromatic nitrogens is 4. The van der Waals surface area contributed by atoms with Crippen LogP contribution in [0.1, 0.15) is 5.56 Å². The highest BCUT2D eigenvalue weighted by Crippen LogP contribution is 2.18. The van der Waals surface area contributed by atoms with Gasteiger partial charge in [0.05, 0.1) is 5.69 Å². The van der Waals surface area contributed by atoms with E-state index in [4.69, 9.17) is 0 Å². The van der Waals surface area contributed by atoms with Crippen LogP contribution in [0.2, 0.25) is 0 Å². The van der Waals surface area contributed by atoms with Gasteiger partial charge in [0, 0.05) is 30.6 Å². The van der Waals surface area contributed by atoms with Crippen molar-refractivity contribution in [1.82, 2.24) is 19.7 Å². The molecule has 27 heavy (non-hydrogen) atoms. The lowest BCUT2D eigenvalue weighted by Crippen LogP contribution is -2.23. The summed E-state index contributed by atoms with van der Waals surface area (Å²) in [5.74, 6) is 0. The van der Waals surface area contributed by atoms with Crippen molar-refractivity contribution in [2.24, 2.45) is 0 Å². The SMILES string of the molecule is O=c1ccc(-c2cnc(OCC(F)(F)F)nc2)nn1CCc1ccccc1. The molecular weight excluding hydrogens is 361 g/mol. The molecule has 0 saturated carbocycles. The minimum atomic E-state index is -4.46. The lowest BCUT2D eigenvalue weighted by molar-refractivity contribution is -0.154. The summed E-state index contributed by atoms with van der Waals surface area (Å²) < 4.78 is 42.2. The van der Waals surface area contributed by atoms with Gasteiger partial charge in [0.2, 0.25) is 0 Å². The lowest BCUT2D eigenvalue weighted by Gasteiger charge is -2.09. The van der Waals surface area contributed by atoms with Crippen LogP contribution >= 0.6 is 0 Å². The molecule has 3 rings (SSSR count). The first kappa shape index (κ1) is 18.6. The Hall–Kier alpha value is -3.23. The van der Waals surface area contributed by atoms with Crippen molar-refractivity contribution in [2.75, 3.05) is 6.61 Å². The van der Waals surface area contributed by atoms with E-state index in [2.05, 4.69) is 19.8 Å². The maximum atomic E-state index is 12.1. The van der Waals surface area contributed by atoms with Crippen molar-refractivity contribution in [3.8, 4) is 17.3 Å². The predicted molar refractivity (Wildman–Crippen MR) is 91.2 cm³/mol. The zero-order chi connectivity index (χ0) is 19.3. The molecule has 0 amide bonds. The number of aryl methyl sites for hydroxylation is 2. The van der Waals surface area contributed by atoms with Crippen molar-refractivity contribution < 1.29 is 17.9 Å². The Kier molecular flexibility index (Phi) is 5.49. The largest absolute Gasteiger partial charge is 0.454 e. The van der Waals surface area contributed by atoms with Crippen molar-refractivity contribution in [2.45, 2.75) is 19.1 Å². The summed E-state index contributed by atoms with van der Waals surface area (Å²) in [5, 5.41) is 4.28. The molecule has 0 aliphatic carbocycles. The highest BCUT2D eigenvalue weighted by Gasteiger charge is 2.28. The number of halogens is 3. The van der Waals surface area contributed by atoms with Crippen LogP contribution in [-0.4, -0.2) is 32.5 Å². The van der Waals surface area contributed by atoms with E-state index >= 15 is 0 Å². The minimum absolute atomic E-state index is 0.249. The fourth-order valence-corrected chi connectivity index (χ4v) is 2.31. The number of benzene rings is 1. The monoisotopic (exact) mass is 376 g/mol. The quantitative estimate of drug-likeness (QED) is 0.662. The zero-order valence-corrected chi connectivity index (χ0v) is 14.1. The van der Waals surface area contributed by atoms with Crippen LogP contribution in [0.15, 0.2) is 59.7 Å². The van der Waals surface area contributed by atoms with E-state index in [1.807, 2.05) is 30.3 Å². The maximum absolute atomic E-state index is 12.1. The number of hydrogen-bond donors (Lipinski definition) is 0. The third-order valence-corrected chi connectivity index (χ3v) is 3.61. The molecule has 0 unspecified atom stereocenters. The summed E-state index contributed by atoms with van der Waals surface area (Å²) in [4.78, 5) is 19.5. The Bertz CT molecular complexity index is 941. The number of rotatable bonds is 6. The average Bonchev–Trinajstić information content (AvgIpc) is 2.66. The van der Waals surface area contributed by atoms with Crippen LogP contribution in [0, 0.1) is 0 Å². The van der Waals surface area contributed by atoms with Gasteiger partial charge >= 0.3 is 12.2 Å². The molecule has 3 aromatic rings. The van der Waals surface area contributed by atoms with Gasteiger partial charge in [-0.2, -0.15) is 18.3 Å². The maximum Gasteiger partial charge on any atom is 0.422 e. The van der Waals surface area contributed by atoms with E-state index in [9.17, 15) is 18.0 Å². The summed E-state index contributed by atoms with van der Waals surface area (Å²) in [6, 6.07) is 12.2. The van der Waals surface area contributed by atoms with Crippen LogP contribution < -0.4 is 10.3 Å². The first-order valence-electron chi connectivity index (χ1n) is 8.05. The second-order valence-corrected chi connectivity index (χ2v) is 5.67. The van der Waals surface area contributed by atoms with Crippen molar-refractivity contribution >= 4 is 0 Å². The van der Waals surface area contributed by atoms with Gasteiger partial charge in [0.1, 0.15) is 0 Å². The summed E-state index contributed by atoms with van der Waals surface area (Å²) >= 11 is 0. The Labute approximate surface area is 152 Å². The van der Waals surface area contributed by atoms with Gasteiger partial charge < -0.3 is 4.74 Å². The number of nitrogens with zero attached hydrogens (tertiary/aromatic N) is 4. The second kappa shape index (κ2) is 7.98. The molecule has 0 fully saturated rings. The van der Waals surface area contributed by atoms with Gasteiger partial charge in [-0.3, -0.25) is 4.79 Å². The van der Waals surface area contributed by atoms with Gasteiger partial charge in [-0.15, -0.1) is 0 Å². The summed E-state index contributed by atoms with van der Waals surface area (Å²) in [5.41, 5.74) is 1.72. The van der Waals surface area contributed by atoms with E-state index in [0.717, 1.165) is 5.56 Å². The normalized spacial score (nSPS) is 11.4. The fraction of sp³-hybridized carbons (Fsp3) is 0.222. The molecule has 0 aliphatic heterocycles. The lowest BCUT2D eigenvalue weighted by atomic mass is 10.1. The van der Waals surface area contributed by atoms with E-state index in [0.29, 0.717) is 24.2 Å². The fourth-order valence-electron chi connectivity index (χ4n) is 2.31. The molecule has 2 aromatic heterocycles. The Morgan fingerprint density at radius 1 is 1.00 bits per heavy atom. The van der Waals surface area contributed by atoms with E-state index in [-0.39, 0.29) is 11.6 Å². The summed E-state index contributed by atoms with van der Waals surface area (Å²) in [7, 11) is 0. The molecule has 0 saturated heterocycles. The molecule has 9 heteroatoms. The smallest absolute Gasteiger partial charge is 0.422 e. The predicted octanol–water partition coefficient (Wildman–Crippen LogP) is 2.88. The van der Waals surface area contributed by atoms with E-state index in [1.54, 1.807) is 0 Å². The van der Waals surface area contributed by atoms with Crippen molar-refractivity contribution in [3.05, 3.63) is 70.8 Å². The number of hydrogen-bond acceptors (Lipinski definition) is 5. The van der Waals surface area contributed by atoms with Crippen LogP contribution in [0.3, 0.4) is 0 Å². The second-order valence-electron chi connectivity index (χ2n) is 5.67. The van der Waals surface area contributed by atoms with Crippen LogP contribution in [-0.2, 0) is 13.0 Å². The van der Waals surface area contributed by atoms with Crippen molar-refractivity contribution in [3.63, 3.8) is 0 Å². The topological polar surface area (TPSA) is 69.9 Å². The van der Waals surface area contributed by atoms with Crippen LogP contribution in [0.4, 0.5) is 13.2 Å². The molecule has 1 aromatic carbocycles. The molecule has 140 valence electrons. The average molecular weight is 376 g/mol. The van der Waals surface area contributed by atoms with Gasteiger partial charge in [0.25, 0.3) is 5.56 Å². The molecule has 0 radical (unpaired) electrons. The third kappa shape index (κ3) is 5.37. The third-order valence-electron chi connectivity index (χ3n) is 3.61. The number of ether oxygens (including phenoxy) is 1. The first-order valence-corrected chi connectivity index (χ1v) is 8.05. The summed E-state index contributed by atoms with van der Waals surface area (Å²) in [6.07, 6.45) is -1.23. The Morgan fingerprint density at radius 2 is 1.70 bits per heavy atom. The number of alkyl halides is 3. The minimum Gasteiger partial charge on any atom is -0.454 e. The zero-order valence-electron chi connectivity index (χ0n) is 14.1. The highest BCUT2D eigenvalue weighted by atomic mass is 19.4. The van der Waals surface area contributed by atoms with Gasteiger partial charge in [-0.25, -0.2) is 14.6 Å². The molecule has 0 aliphatic rings. The van der Waals surface area contributed by atoms with Gasteiger partial charge in [-0.05, 0) is 18.1 Å². The van der Waals surface area contributed by atoms with Crippen molar-refractivity contribution in [1.29, 1.82) is 0 Å². The molecule has 0 spiro atoms. The van der Waals surface area contributed by atoms with E-state index < -0.39 is 12.8 Å². The summed E-state index contributed by atoms with van der Waals surface area (Å²) in [6.45, 7) is -1.07.